The van der Waals surface area contributed by atoms with Crippen molar-refractivity contribution in [1.82, 2.24) is 4.90 Å². The number of primary amides is 1. The number of benzene rings is 2. The van der Waals surface area contributed by atoms with Crippen LogP contribution in [-0.4, -0.2) is 51.0 Å². The third-order valence-corrected chi connectivity index (χ3v) is 3.99. The summed E-state index contributed by atoms with van der Waals surface area (Å²) in [5.74, 6) is -1.03. The van der Waals surface area contributed by atoms with Gasteiger partial charge >= 0.3 is 6.36 Å². The summed E-state index contributed by atoms with van der Waals surface area (Å²) in [6, 6.07) is 8.01. The number of ether oxygens (including phenoxy) is 4. The van der Waals surface area contributed by atoms with Crippen molar-refractivity contribution in [2.45, 2.75) is 12.9 Å². The SMILES string of the molecule is COc1cc(C(=O)N(C)Cc2ccc(OC(F)(F)F)cc2)cc(OC)c1OCC(N)=O. The lowest BCUT2D eigenvalue weighted by Gasteiger charge is -2.20. The van der Waals surface area contributed by atoms with Gasteiger partial charge in [-0.25, -0.2) is 0 Å². The monoisotopic (exact) mass is 442 g/mol. The predicted octanol–water partition coefficient (Wildman–Crippen LogP) is 2.74. The molecule has 0 aliphatic carbocycles. The molecule has 0 fully saturated rings. The highest BCUT2D eigenvalue weighted by Gasteiger charge is 2.31. The predicted molar refractivity (Wildman–Crippen MR) is 103 cm³/mol. The first-order chi connectivity index (χ1) is 14.5. The minimum absolute atomic E-state index is 0.114. The van der Waals surface area contributed by atoms with Crippen LogP contribution in [0.4, 0.5) is 13.2 Å². The number of nitrogens with two attached hydrogens (primary N) is 1. The fourth-order valence-electron chi connectivity index (χ4n) is 2.65. The smallest absolute Gasteiger partial charge is 0.493 e. The Morgan fingerprint density at radius 2 is 1.58 bits per heavy atom. The van der Waals surface area contributed by atoms with Gasteiger partial charge in [-0.1, -0.05) is 12.1 Å². The van der Waals surface area contributed by atoms with E-state index >= 15 is 0 Å². The van der Waals surface area contributed by atoms with Crippen LogP contribution in [0.2, 0.25) is 0 Å². The number of carbonyl (C=O) groups is 2. The lowest BCUT2D eigenvalue weighted by molar-refractivity contribution is -0.274. The second kappa shape index (κ2) is 9.92. The molecule has 0 aromatic heterocycles. The van der Waals surface area contributed by atoms with Gasteiger partial charge in [0.15, 0.2) is 18.1 Å². The molecule has 0 aliphatic rings. The van der Waals surface area contributed by atoms with E-state index in [-0.39, 0.29) is 35.1 Å². The second-order valence-corrected chi connectivity index (χ2v) is 6.32. The summed E-state index contributed by atoms with van der Waals surface area (Å²) in [7, 11) is 4.24. The Morgan fingerprint density at radius 3 is 2.03 bits per heavy atom. The summed E-state index contributed by atoms with van der Waals surface area (Å²) in [5.41, 5.74) is 5.88. The van der Waals surface area contributed by atoms with Gasteiger partial charge in [0, 0.05) is 19.2 Å². The number of nitrogens with zero attached hydrogens (tertiary/aromatic N) is 1. The summed E-state index contributed by atoms with van der Waals surface area (Å²) in [6.45, 7) is -0.288. The normalized spacial score (nSPS) is 10.9. The number of hydrogen-bond donors (Lipinski definition) is 1. The van der Waals surface area contributed by atoms with Gasteiger partial charge in [-0.2, -0.15) is 0 Å². The van der Waals surface area contributed by atoms with Gasteiger partial charge in [0.2, 0.25) is 5.75 Å². The molecule has 11 heteroatoms. The average molecular weight is 442 g/mol. The highest BCUT2D eigenvalue weighted by Crippen LogP contribution is 2.39. The molecule has 0 spiro atoms. The van der Waals surface area contributed by atoms with Gasteiger partial charge in [-0.05, 0) is 29.8 Å². The Labute approximate surface area is 176 Å². The zero-order valence-electron chi connectivity index (χ0n) is 17.0. The highest BCUT2D eigenvalue weighted by atomic mass is 19.4. The summed E-state index contributed by atoms with van der Waals surface area (Å²) in [4.78, 5) is 25.2. The van der Waals surface area contributed by atoms with Crippen molar-refractivity contribution in [2.24, 2.45) is 5.73 Å². The number of halogens is 3. The Balaban J connectivity index is 2.18. The van der Waals surface area contributed by atoms with E-state index in [1.807, 2.05) is 0 Å². The van der Waals surface area contributed by atoms with Gasteiger partial charge in [0.05, 0.1) is 14.2 Å². The molecule has 2 rings (SSSR count). The van der Waals surface area contributed by atoms with E-state index in [4.69, 9.17) is 19.9 Å². The first kappa shape index (κ1) is 23.6. The molecule has 8 nitrogen and oxygen atoms in total. The van der Waals surface area contributed by atoms with Gasteiger partial charge < -0.3 is 29.6 Å². The van der Waals surface area contributed by atoms with Crippen LogP contribution in [0.15, 0.2) is 36.4 Å². The number of rotatable bonds is 9. The maximum Gasteiger partial charge on any atom is 0.573 e. The third-order valence-electron chi connectivity index (χ3n) is 3.99. The Hall–Kier alpha value is -3.63. The molecule has 0 heterocycles. The maximum atomic E-state index is 12.8. The van der Waals surface area contributed by atoms with Crippen molar-refractivity contribution in [3.05, 3.63) is 47.5 Å². The largest absolute Gasteiger partial charge is 0.573 e. The molecule has 31 heavy (non-hydrogen) atoms. The van der Waals surface area contributed by atoms with Crippen molar-refractivity contribution in [2.75, 3.05) is 27.9 Å². The average Bonchev–Trinajstić information content (AvgIpc) is 2.71. The zero-order valence-corrected chi connectivity index (χ0v) is 17.0. The van der Waals surface area contributed by atoms with E-state index in [0.717, 1.165) is 12.1 Å². The summed E-state index contributed by atoms with van der Waals surface area (Å²) in [6.07, 6.45) is -4.78. The van der Waals surface area contributed by atoms with Crippen LogP contribution >= 0.6 is 0 Å². The number of amides is 2. The molecule has 2 N–H and O–H groups in total. The van der Waals surface area contributed by atoms with Crippen LogP contribution < -0.4 is 24.7 Å². The second-order valence-electron chi connectivity index (χ2n) is 6.32. The van der Waals surface area contributed by atoms with Crippen molar-refractivity contribution in [1.29, 1.82) is 0 Å². The zero-order chi connectivity index (χ0) is 23.2. The van der Waals surface area contributed by atoms with Crippen LogP contribution in [0, 0.1) is 0 Å². The van der Waals surface area contributed by atoms with E-state index in [1.54, 1.807) is 0 Å². The van der Waals surface area contributed by atoms with Crippen LogP contribution in [0.5, 0.6) is 23.0 Å². The molecule has 0 radical (unpaired) electrons. The lowest BCUT2D eigenvalue weighted by atomic mass is 10.1. The summed E-state index contributed by atoms with van der Waals surface area (Å²) in [5, 5.41) is 0. The summed E-state index contributed by atoms with van der Waals surface area (Å²) >= 11 is 0. The van der Waals surface area contributed by atoms with Gasteiger partial charge in [0.1, 0.15) is 5.75 Å². The van der Waals surface area contributed by atoms with Gasteiger partial charge in [-0.3, -0.25) is 9.59 Å². The third kappa shape index (κ3) is 6.69. The molecule has 0 saturated heterocycles. The lowest BCUT2D eigenvalue weighted by Crippen LogP contribution is -2.26. The maximum absolute atomic E-state index is 12.8. The van der Waals surface area contributed by atoms with E-state index in [0.29, 0.717) is 5.56 Å². The van der Waals surface area contributed by atoms with E-state index < -0.39 is 24.8 Å². The molecule has 0 saturated carbocycles. The molecular formula is C20H21F3N2O6. The molecule has 2 amide bonds. The van der Waals surface area contributed by atoms with Crippen LogP contribution in [-0.2, 0) is 11.3 Å². The minimum Gasteiger partial charge on any atom is -0.493 e. The number of alkyl halides is 3. The molecule has 0 atom stereocenters. The Bertz CT molecular complexity index is 906. The number of carbonyl (C=O) groups excluding carboxylic acids is 2. The van der Waals surface area contributed by atoms with Crippen LogP contribution in [0.25, 0.3) is 0 Å². The van der Waals surface area contributed by atoms with Crippen LogP contribution in [0.1, 0.15) is 15.9 Å². The quantitative estimate of drug-likeness (QED) is 0.641. The van der Waals surface area contributed by atoms with Gasteiger partial charge in [-0.15, -0.1) is 13.2 Å². The van der Waals surface area contributed by atoms with E-state index in [2.05, 4.69) is 4.74 Å². The standard InChI is InChI=1S/C20H21F3N2O6/c1-25(10-12-4-6-14(7-5-12)31-20(21,22)23)19(27)13-8-15(28-2)18(16(9-13)29-3)30-11-17(24)26/h4-9H,10-11H2,1-3H3,(H2,24,26). The molecule has 0 unspecified atom stereocenters. The van der Waals surface area contributed by atoms with Crippen molar-refractivity contribution in [3.63, 3.8) is 0 Å². The first-order valence-electron chi connectivity index (χ1n) is 8.81. The molecule has 2 aromatic carbocycles. The molecular weight excluding hydrogens is 421 g/mol. The molecule has 0 aliphatic heterocycles. The molecule has 168 valence electrons. The van der Waals surface area contributed by atoms with E-state index in [9.17, 15) is 22.8 Å². The topological polar surface area (TPSA) is 100 Å². The Kier molecular flexibility index (Phi) is 7.56. The van der Waals surface area contributed by atoms with E-state index in [1.165, 1.54) is 50.4 Å². The minimum atomic E-state index is -4.78. The highest BCUT2D eigenvalue weighted by molar-refractivity contribution is 5.95. The molecule has 2 aromatic rings. The van der Waals surface area contributed by atoms with Crippen molar-refractivity contribution >= 4 is 11.8 Å². The number of hydrogen-bond acceptors (Lipinski definition) is 6. The number of methoxy groups -OCH3 is 2. The van der Waals surface area contributed by atoms with Crippen molar-refractivity contribution in [3.8, 4) is 23.0 Å². The molecule has 0 bridgehead atoms. The Morgan fingerprint density at radius 1 is 1.03 bits per heavy atom. The fourth-order valence-corrected chi connectivity index (χ4v) is 2.65. The first-order valence-corrected chi connectivity index (χ1v) is 8.81. The van der Waals surface area contributed by atoms with Crippen molar-refractivity contribution < 1.29 is 41.7 Å². The fraction of sp³-hybridized carbons (Fsp3) is 0.300. The summed E-state index contributed by atoms with van der Waals surface area (Å²) < 4.78 is 56.4. The van der Waals surface area contributed by atoms with Crippen LogP contribution in [0.3, 0.4) is 0 Å². The van der Waals surface area contributed by atoms with Gasteiger partial charge in [0.25, 0.3) is 11.8 Å².